The third-order valence-electron chi connectivity index (χ3n) is 6.54. The third-order valence-corrected chi connectivity index (χ3v) is 7.07. The van der Waals surface area contributed by atoms with Crippen LogP contribution in [0.25, 0.3) is 0 Å². The van der Waals surface area contributed by atoms with Crippen LogP contribution < -0.4 is 25.1 Å². The van der Waals surface area contributed by atoms with Crippen molar-refractivity contribution in [1.82, 2.24) is 10.2 Å². The number of aromatic nitrogens is 2. The van der Waals surface area contributed by atoms with Crippen molar-refractivity contribution in [3.8, 4) is 17.2 Å². The summed E-state index contributed by atoms with van der Waals surface area (Å²) in [5.74, 6) is 1.67. The standard InChI is InChI=1S/C25H24BrN3O5/c1-32-18-10-14(11-19(33-2)23(18)34-3)13-8-16-21(17(30)9-13)20(12-4-6-15(26)7-5-12)22-24(27-16)28-29-25(22)31/h4-7,10-11,13,20H,8-9H2,1-3H3,(H3,27,28,29,31). The molecule has 34 heavy (non-hydrogen) atoms. The summed E-state index contributed by atoms with van der Waals surface area (Å²) in [4.78, 5) is 26.3. The van der Waals surface area contributed by atoms with Crippen LogP contribution in [0.15, 0.2) is 56.9 Å². The minimum atomic E-state index is -0.442. The molecule has 0 fully saturated rings. The van der Waals surface area contributed by atoms with Crippen molar-refractivity contribution in [3.63, 3.8) is 0 Å². The summed E-state index contributed by atoms with van der Waals surface area (Å²) in [6.07, 6.45) is 0.906. The first-order valence-electron chi connectivity index (χ1n) is 10.8. The number of benzene rings is 2. The number of allylic oxidation sites excluding steroid dienone is 2. The molecule has 8 nitrogen and oxygen atoms in total. The molecule has 9 heteroatoms. The summed E-state index contributed by atoms with van der Waals surface area (Å²) in [6.45, 7) is 0. The molecule has 1 aliphatic carbocycles. The molecule has 0 radical (unpaired) electrons. The number of hydrogen-bond donors (Lipinski definition) is 3. The number of carbonyl (C=O) groups is 1. The van der Waals surface area contributed by atoms with E-state index in [4.69, 9.17) is 14.2 Å². The van der Waals surface area contributed by atoms with Crippen molar-refractivity contribution in [2.75, 3.05) is 26.6 Å². The van der Waals surface area contributed by atoms with Crippen molar-refractivity contribution < 1.29 is 19.0 Å². The van der Waals surface area contributed by atoms with Crippen molar-refractivity contribution in [1.29, 1.82) is 0 Å². The minimum Gasteiger partial charge on any atom is -0.493 e. The van der Waals surface area contributed by atoms with Gasteiger partial charge in [-0.05, 0) is 47.7 Å². The Morgan fingerprint density at radius 1 is 0.882 bits per heavy atom. The third kappa shape index (κ3) is 3.60. The predicted molar refractivity (Wildman–Crippen MR) is 131 cm³/mol. The molecule has 1 aromatic heterocycles. The number of fused-ring (bicyclic) bond motifs is 1. The Bertz CT molecular complexity index is 1330. The fourth-order valence-corrected chi connectivity index (χ4v) is 5.25. The van der Waals surface area contributed by atoms with Crippen LogP contribution in [-0.4, -0.2) is 37.3 Å². The van der Waals surface area contributed by atoms with Gasteiger partial charge in [-0.3, -0.25) is 19.8 Å². The minimum absolute atomic E-state index is 0.00618. The van der Waals surface area contributed by atoms with E-state index in [1.165, 1.54) is 0 Å². The van der Waals surface area contributed by atoms with Crippen molar-refractivity contribution >= 4 is 27.5 Å². The maximum absolute atomic E-state index is 13.6. The average molecular weight is 526 g/mol. The number of hydrogen-bond acceptors (Lipinski definition) is 6. The van der Waals surface area contributed by atoms with Gasteiger partial charge in [-0.1, -0.05) is 28.1 Å². The molecule has 176 valence electrons. The van der Waals surface area contributed by atoms with E-state index < -0.39 is 5.92 Å². The van der Waals surface area contributed by atoms with E-state index in [0.29, 0.717) is 47.0 Å². The van der Waals surface area contributed by atoms with Gasteiger partial charge in [0.25, 0.3) is 5.56 Å². The zero-order chi connectivity index (χ0) is 24.0. The lowest BCUT2D eigenvalue weighted by Gasteiger charge is -2.34. The molecule has 0 saturated heterocycles. The fourth-order valence-electron chi connectivity index (χ4n) is 4.98. The molecule has 0 amide bonds. The molecule has 3 N–H and O–H groups in total. The Labute approximate surface area is 204 Å². The predicted octanol–water partition coefficient (Wildman–Crippen LogP) is 4.45. The SMILES string of the molecule is COc1cc(C2CC(=O)C3=C(C2)Nc2[nH][nH]c(=O)c2C3c2ccc(Br)cc2)cc(OC)c1OC. The van der Waals surface area contributed by atoms with Crippen molar-refractivity contribution in [2.24, 2.45) is 0 Å². The number of ether oxygens (including phenoxy) is 3. The molecule has 2 unspecified atom stereocenters. The molecule has 5 rings (SSSR count). The zero-order valence-electron chi connectivity index (χ0n) is 19.0. The second kappa shape index (κ2) is 8.72. The number of Topliss-reactive ketones (excluding diaryl/α,β-unsaturated/α-hetero) is 1. The molecule has 2 heterocycles. The molecular formula is C25H24BrN3O5. The summed E-state index contributed by atoms with van der Waals surface area (Å²) < 4.78 is 17.4. The van der Waals surface area contributed by atoms with E-state index in [1.54, 1.807) is 21.3 Å². The van der Waals surface area contributed by atoms with Gasteiger partial charge in [-0.15, -0.1) is 0 Å². The van der Waals surface area contributed by atoms with Gasteiger partial charge in [-0.2, -0.15) is 0 Å². The van der Waals surface area contributed by atoms with Gasteiger partial charge < -0.3 is 19.5 Å². The second-order valence-electron chi connectivity index (χ2n) is 8.36. The first kappa shape index (κ1) is 22.3. The summed E-state index contributed by atoms with van der Waals surface area (Å²) in [5.41, 5.74) is 3.56. The molecule has 0 saturated carbocycles. The normalized spacial score (nSPS) is 19.2. The van der Waals surface area contributed by atoms with E-state index in [1.807, 2.05) is 36.4 Å². The number of H-pyrrole nitrogens is 2. The molecule has 2 aromatic carbocycles. The van der Waals surface area contributed by atoms with Gasteiger partial charge in [-0.25, -0.2) is 0 Å². The number of ketones is 1. The quantitative estimate of drug-likeness (QED) is 0.454. The fraction of sp³-hybridized carbons (Fsp3) is 0.280. The Morgan fingerprint density at radius 2 is 1.56 bits per heavy atom. The van der Waals surface area contributed by atoms with Gasteiger partial charge in [0.15, 0.2) is 17.3 Å². The molecular weight excluding hydrogens is 502 g/mol. The second-order valence-corrected chi connectivity index (χ2v) is 9.27. The summed E-state index contributed by atoms with van der Waals surface area (Å²) in [7, 11) is 4.71. The maximum atomic E-state index is 13.6. The van der Waals surface area contributed by atoms with Crippen LogP contribution in [0, 0.1) is 0 Å². The Balaban J connectivity index is 1.59. The lowest BCUT2D eigenvalue weighted by atomic mass is 9.73. The number of carbonyl (C=O) groups excluding carboxylic acids is 1. The Hall–Kier alpha value is -3.46. The summed E-state index contributed by atoms with van der Waals surface area (Å²) in [5, 5.41) is 8.91. The zero-order valence-corrected chi connectivity index (χ0v) is 20.5. The van der Waals surface area contributed by atoms with Gasteiger partial charge in [0.2, 0.25) is 5.75 Å². The van der Waals surface area contributed by atoms with Gasteiger partial charge in [0.1, 0.15) is 5.82 Å². The van der Waals surface area contributed by atoms with E-state index in [2.05, 4.69) is 31.4 Å². The lowest BCUT2D eigenvalue weighted by molar-refractivity contribution is -0.116. The number of anilines is 1. The van der Waals surface area contributed by atoms with Crippen molar-refractivity contribution in [3.05, 3.63) is 79.2 Å². The lowest BCUT2D eigenvalue weighted by Crippen LogP contribution is -2.31. The topological polar surface area (TPSA) is 105 Å². The summed E-state index contributed by atoms with van der Waals surface area (Å²) >= 11 is 3.46. The van der Waals surface area contributed by atoms with Crippen LogP contribution in [0.4, 0.5) is 5.82 Å². The van der Waals surface area contributed by atoms with Crippen LogP contribution >= 0.6 is 15.9 Å². The molecule has 2 aliphatic rings. The first-order chi connectivity index (χ1) is 16.4. The highest BCUT2D eigenvalue weighted by atomic mass is 79.9. The smallest absolute Gasteiger partial charge is 0.270 e. The van der Waals surface area contributed by atoms with Crippen LogP contribution in [0.1, 0.15) is 41.4 Å². The molecule has 0 spiro atoms. The highest BCUT2D eigenvalue weighted by Gasteiger charge is 2.40. The van der Waals surface area contributed by atoms with Crippen LogP contribution in [-0.2, 0) is 4.79 Å². The number of halogens is 1. The molecule has 2 atom stereocenters. The number of methoxy groups -OCH3 is 3. The van der Waals surface area contributed by atoms with Gasteiger partial charge >= 0.3 is 0 Å². The monoisotopic (exact) mass is 525 g/mol. The van der Waals surface area contributed by atoms with E-state index >= 15 is 0 Å². The average Bonchev–Trinajstić information content (AvgIpc) is 3.22. The number of aromatic amines is 2. The van der Waals surface area contributed by atoms with Crippen molar-refractivity contribution in [2.45, 2.75) is 24.7 Å². The van der Waals surface area contributed by atoms with E-state index in [0.717, 1.165) is 21.3 Å². The Kier molecular flexibility index (Phi) is 5.73. The maximum Gasteiger partial charge on any atom is 0.270 e. The molecule has 3 aromatic rings. The van der Waals surface area contributed by atoms with Gasteiger partial charge in [0.05, 0.1) is 26.9 Å². The largest absolute Gasteiger partial charge is 0.493 e. The molecule has 0 bridgehead atoms. The first-order valence-corrected chi connectivity index (χ1v) is 11.6. The number of nitrogens with one attached hydrogen (secondary N) is 3. The molecule has 1 aliphatic heterocycles. The van der Waals surface area contributed by atoms with Crippen LogP contribution in [0.5, 0.6) is 17.2 Å². The highest BCUT2D eigenvalue weighted by Crippen LogP contribution is 2.48. The van der Waals surface area contributed by atoms with Crippen LogP contribution in [0.3, 0.4) is 0 Å². The Morgan fingerprint density at radius 3 is 2.18 bits per heavy atom. The van der Waals surface area contributed by atoms with Crippen LogP contribution in [0.2, 0.25) is 0 Å². The number of rotatable bonds is 5. The summed E-state index contributed by atoms with van der Waals surface area (Å²) in [6, 6.07) is 11.5. The van der Waals surface area contributed by atoms with E-state index in [-0.39, 0.29) is 17.3 Å². The highest BCUT2D eigenvalue weighted by molar-refractivity contribution is 9.10. The van der Waals surface area contributed by atoms with Gasteiger partial charge in [0, 0.05) is 28.1 Å². The van der Waals surface area contributed by atoms with E-state index in [9.17, 15) is 9.59 Å².